The molecule has 1 unspecified atom stereocenters. The molecule has 2 heterocycles. The summed E-state index contributed by atoms with van der Waals surface area (Å²) in [6, 6.07) is 2.18. The smallest absolute Gasteiger partial charge is 0.133 e. The Morgan fingerprint density at radius 3 is 3.05 bits per heavy atom. The van der Waals surface area contributed by atoms with Gasteiger partial charge < -0.3 is 5.32 Å². The number of hydrogen-bond donors (Lipinski definition) is 1. The third-order valence-electron chi connectivity index (χ3n) is 3.79. The maximum absolute atomic E-state index is 4.98. The van der Waals surface area contributed by atoms with E-state index in [0.29, 0.717) is 11.8 Å². The first-order valence-corrected chi connectivity index (χ1v) is 10.1. The molecule has 1 aliphatic carbocycles. The van der Waals surface area contributed by atoms with Crippen LogP contribution in [0.15, 0.2) is 15.9 Å². The monoisotopic (exact) mass is 384 g/mol. The summed E-state index contributed by atoms with van der Waals surface area (Å²) in [5.74, 6) is 1.31. The van der Waals surface area contributed by atoms with Crippen molar-refractivity contribution in [3.8, 4) is 9.88 Å². The molecule has 0 saturated carbocycles. The molecule has 0 spiro atoms. The zero-order chi connectivity index (χ0) is 14.8. The Kier molecular flexibility index (Phi) is 5.15. The van der Waals surface area contributed by atoms with E-state index >= 15 is 0 Å². The Labute approximate surface area is 143 Å². The topological polar surface area (TPSA) is 24.9 Å². The van der Waals surface area contributed by atoms with Crippen molar-refractivity contribution in [1.29, 1.82) is 0 Å². The predicted molar refractivity (Wildman–Crippen MR) is 96.5 cm³/mol. The lowest BCUT2D eigenvalue weighted by Crippen LogP contribution is -2.27. The fourth-order valence-corrected chi connectivity index (χ4v) is 5.46. The molecule has 1 atom stereocenters. The molecule has 2 aromatic heterocycles. The molecule has 0 fully saturated rings. The van der Waals surface area contributed by atoms with Gasteiger partial charge in [-0.05, 0) is 53.7 Å². The van der Waals surface area contributed by atoms with Gasteiger partial charge in [-0.25, -0.2) is 4.98 Å². The number of nitrogens with one attached hydrogen (secondary N) is 1. The number of halogens is 1. The van der Waals surface area contributed by atoms with Gasteiger partial charge in [-0.3, -0.25) is 0 Å². The summed E-state index contributed by atoms with van der Waals surface area (Å²) < 4.78 is 1.16. The van der Waals surface area contributed by atoms with E-state index in [-0.39, 0.29) is 0 Å². The maximum atomic E-state index is 4.98. The van der Waals surface area contributed by atoms with Crippen LogP contribution in [-0.4, -0.2) is 18.1 Å². The van der Waals surface area contributed by atoms with Crippen LogP contribution in [0.25, 0.3) is 9.88 Å². The van der Waals surface area contributed by atoms with Gasteiger partial charge in [0.25, 0.3) is 0 Å². The zero-order valence-corrected chi connectivity index (χ0v) is 15.7. The average Bonchev–Trinajstić information content (AvgIpc) is 3.04. The Balaban J connectivity index is 1.76. The van der Waals surface area contributed by atoms with Gasteiger partial charge >= 0.3 is 0 Å². The van der Waals surface area contributed by atoms with E-state index in [1.807, 2.05) is 11.3 Å². The highest BCUT2D eigenvalue weighted by Gasteiger charge is 2.25. The number of thiophene rings is 1. The average molecular weight is 385 g/mol. The highest BCUT2D eigenvalue weighted by molar-refractivity contribution is 9.10. The van der Waals surface area contributed by atoms with Crippen LogP contribution in [0.4, 0.5) is 0 Å². The van der Waals surface area contributed by atoms with Crippen molar-refractivity contribution in [2.24, 2.45) is 5.92 Å². The second kappa shape index (κ2) is 6.90. The van der Waals surface area contributed by atoms with Gasteiger partial charge in [0.15, 0.2) is 0 Å². The van der Waals surface area contributed by atoms with Crippen molar-refractivity contribution >= 4 is 38.6 Å². The van der Waals surface area contributed by atoms with Crippen molar-refractivity contribution in [3.05, 3.63) is 26.5 Å². The number of hydrogen-bond acceptors (Lipinski definition) is 4. The van der Waals surface area contributed by atoms with Crippen molar-refractivity contribution in [1.82, 2.24) is 10.3 Å². The molecule has 0 aliphatic heterocycles. The number of nitrogens with zero attached hydrogens (tertiary/aromatic N) is 1. The van der Waals surface area contributed by atoms with Crippen LogP contribution >= 0.6 is 38.6 Å². The highest BCUT2D eigenvalue weighted by atomic mass is 79.9. The Hall–Kier alpha value is -0.230. The highest BCUT2D eigenvalue weighted by Crippen LogP contribution is 2.40. The van der Waals surface area contributed by atoms with E-state index in [2.05, 4.69) is 46.5 Å². The van der Waals surface area contributed by atoms with Gasteiger partial charge in [0.05, 0.1) is 10.6 Å². The largest absolute Gasteiger partial charge is 0.316 e. The summed E-state index contributed by atoms with van der Waals surface area (Å²) >= 11 is 7.21. The molecule has 5 heteroatoms. The summed E-state index contributed by atoms with van der Waals surface area (Å²) in [6.07, 6.45) is 3.78. The lowest BCUT2D eigenvalue weighted by Gasteiger charge is -2.22. The summed E-state index contributed by atoms with van der Waals surface area (Å²) in [5, 5.41) is 6.95. The van der Waals surface area contributed by atoms with Gasteiger partial charge in [0.1, 0.15) is 5.01 Å². The van der Waals surface area contributed by atoms with E-state index in [1.54, 1.807) is 11.3 Å². The lowest BCUT2D eigenvalue weighted by atomic mass is 9.91. The first kappa shape index (κ1) is 15.7. The molecule has 2 aromatic rings. The van der Waals surface area contributed by atoms with Crippen molar-refractivity contribution in [3.63, 3.8) is 0 Å². The minimum absolute atomic E-state index is 0.598. The van der Waals surface area contributed by atoms with Crippen LogP contribution in [0.5, 0.6) is 0 Å². The zero-order valence-electron chi connectivity index (χ0n) is 12.5. The molecule has 0 saturated heterocycles. The summed E-state index contributed by atoms with van der Waals surface area (Å²) in [7, 11) is 0. The molecule has 114 valence electrons. The number of aromatic nitrogens is 1. The lowest BCUT2D eigenvalue weighted by molar-refractivity contribution is 0.473. The van der Waals surface area contributed by atoms with Crippen LogP contribution in [0.1, 0.15) is 43.2 Å². The third-order valence-corrected chi connectivity index (χ3v) is 6.78. The van der Waals surface area contributed by atoms with Crippen molar-refractivity contribution in [2.75, 3.05) is 13.1 Å². The van der Waals surface area contributed by atoms with Crippen LogP contribution in [0.3, 0.4) is 0 Å². The third kappa shape index (κ3) is 3.76. The molecule has 0 bridgehead atoms. The molecule has 0 amide bonds. The first-order valence-electron chi connectivity index (χ1n) is 7.58. The van der Waals surface area contributed by atoms with Gasteiger partial charge in [0.2, 0.25) is 0 Å². The van der Waals surface area contributed by atoms with Crippen molar-refractivity contribution in [2.45, 2.75) is 39.0 Å². The molecular weight excluding hydrogens is 364 g/mol. The molecule has 2 nitrogen and oxygen atoms in total. The fourth-order valence-electron chi connectivity index (χ4n) is 2.78. The van der Waals surface area contributed by atoms with Crippen molar-refractivity contribution < 1.29 is 0 Å². The predicted octanol–water partition coefficient (Wildman–Crippen LogP) is 5.30. The van der Waals surface area contributed by atoms with Gasteiger partial charge in [-0.15, -0.1) is 22.7 Å². The van der Waals surface area contributed by atoms with Crippen LogP contribution in [0.2, 0.25) is 0 Å². The Morgan fingerprint density at radius 1 is 1.48 bits per heavy atom. The number of fused-ring (bicyclic) bond motifs is 1. The van der Waals surface area contributed by atoms with E-state index in [1.165, 1.54) is 39.7 Å². The molecule has 3 rings (SSSR count). The minimum Gasteiger partial charge on any atom is -0.316 e. The second-order valence-corrected chi connectivity index (χ2v) is 9.01. The minimum atomic E-state index is 0.598. The Bertz CT molecular complexity index is 603. The summed E-state index contributed by atoms with van der Waals surface area (Å²) in [5.41, 5.74) is 1.36. The first-order chi connectivity index (χ1) is 10.1. The standard InChI is InChI=1S/C16H21BrN2S2/c1-10(2)7-18-8-11-4-3-5-13-15(11)19-16(21-13)14-6-12(17)9-20-14/h6,9-11,18H,3-5,7-8H2,1-2H3. The molecule has 0 aromatic carbocycles. The Morgan fingerprint density at radius 2 is 2.33 bits per heavy atom. The summed E-state index contributed by atoms with van der Waals surface area (Å²) in [6.45, 7) is 6.69. The second-order valence-electron chi connectivity index (χ2n) is 6.10. The molecule has 0 radical (unpaired) electrons. The number of aryl methyl sites for hydroxylation is 1. The fraction of sp³-hybridized carbons (Fsp3) is 0.562. The summed E-state index contributed by atoms with van der Waals surface area (Å²) in [4.78, 5) is 7.78. The number of rotatable bonds is 5. The maximum Gasteiger partial charge on any atom is 0.133 e. The molecule has 21 heavy (non-hydrogen) atoms. The molecule has 1 aliphatic rings. The normalized spacial score (nSPS) is 18.2. The van der Waals surface area contributed by atoms with Crippen LogP contribution in [0, 0.1) is 5.92 Å². The van der Waals surface area contributed by atoms with Crippen LogP contribution in [-0.2, 0) is 6.42 Å². The quantitative estimate of drug-likeness (QED) is 0.756. The molecule has 1 N–H and O–H groups in total. The SMILES string of the molecule is CC(C)CNCC1CCCc2sc(-c3cc(Br)cs3)nc21. The van der Waals surface area contributed by atoms with E-state index in [4.69, 9.17) is 4.98 Å². The van der Waals surface area contributed by atoms with E-state index in [0.717, 1.165) is 17.6 Å². The van der Waals surface area contributed by atoms with Gasteiger partial charge in [0, 0.05) is 27.2 Å². The molecular formula is C16H21BrN2S2. The van der Waals surface area contributed by atoms with Gasteiger partial charge in [-0.1, -0.05) is 13.8 Å². The van der Waals surface area contributed by atoms with E-state index in [9.17, 15) is 0 Å². The van der Waals surface area contributed by atoms with Crippen LogP contribution < -0.4 is 5.32 Å². The van der Waals surface area contributed by atoms with Gasteiger partial charge in [-0.2, -0.15) is 0 Å². The van der Waals surface area contributed by atoms with E-state index < -0.39 is 0 Å². The number of thiazole rings is 1.